The molecular formula is C29H47BrO3. The van der Waals surface area contributed by atoms with Crippen LogP contribution in [0.15, 0.2) is 0 Å². The summed E-state index contributed by atoms with van der Waals surface area (Å²) in [6.45, 7) is 13.7. The standard InChI is InChI=1S/C29H47BrO3/c1-17(2)8-7-9-18(3)21-10-11-22-25-23(13-15-28(21,22)5)29(6)14-12-20(33-19(4)31)16-24(29)26(30)27(25)32/h17-18,20-26H,7-16H2,1-6H3/t18-,20-,21-,22+,23+,24-,25+,26-,28-,29-/m1/s1. The minimum absolute atomic E-state index is 0.0265. The maximum Gasteiger partial charge on any atom is 0.302 e. The molecule has 10 atom stereocenters. The van der Waals surface area contributed by atoms with Gasteiger partial charge in [-0.2, -0.15) is 0 Å². The van der Waals surface area contributed by atoms with Gasteiger partial charge in [-0.3, -0.25) is 9.59 Å². The number of carbonyl (C=O) groups excluding carboxylic acids is 2. The van der Waals surface area contributed by atoms with Crippen LogP contribution in [0.4, 0.5) is 0 Å². The maximum absolute atomic E-state index is 13.9. The van der Waals surface area contributed by atoms with Crippen molar-refractivity contribution in [2.75, 3.05) is 0 Å². The van der Waals surface area contributed by atoms with Crippen molar-refractivity contribution in [2.24, 2.45) is 52.3 Å². The molecule has 4 rings (SSSR count). The fraction of sp³-hybridized carbons (Fsp3) is 0.931. The number of esters is 1. The number of hydrogen-bond donors (Lipinski definition) is 0. The lowest BCUT2D eigenvalue weighted by Crippen LogP contribution is -2.61. The molecule has 4 aliphatic rings. The van der Waals surface area contributed by atoms with Crippen molar-refractivity contribution >= 4 is 27.7 Å². The Labute approximate surface area is 210 Å². The Morgan fingerprint density at radius 1 is 1.00 bits per heavy atom. The summed E-state index contributed by atoms with van der Waals surface area (Å²) in [5.74, 6) is 4.13. The molecule has 4 aliphatic carbocycles. The fourth-order valence-electron chi connectivity index (χ4n) is 9.27. The third kappa shape index (κ3) is 4.49. The van der Waals surface area contributed by atoms with Crippen molar-refractivity contribution in [3.8, 4) is 0 Å². The molecule has 0 saturated heterocycles. The number of fused-ring (bicyclic) bond motifs is 5. The van der Waals surface area contributed by atoms with Crippen molar-refractivity contribution < 1.29 is 14.3 Å². The number of rotatable bonds is 6. The Balaban J connectivity index is 1.53. The van der Waals surface area contributed by atoms with E-state index < -0.39 is 0 Å². The van der Waals surface area contributed by atoms with Crippen molar-refractivity contribution in [3.63, 3.8) is 0 Å². The van der Waals surface area contributed by atoms with E-state index in [1.165, 1.54) is 51.9 Å². The summed E-state index contributed by atoms with van der Waals surface area (Å²) in [6.07, 6.45) is 11.9. The summed E-state index contributed by atoms with van der Waals surface area (Å²) in [4.78, 5) is 25.4. The van der Waals surface area contributed by atoms with Gasteiger partial charge in [0.05, 0.1) is 4.83 Å². The number of Topliss-reactive ketones (excluding diaryl/α,β-unsaturated/α-hetero) is 1. The Bertz CT molecular complexity index is 749. The van der Waals surface area contributed by atoms with Gasteiger partial charge < -0.3 is 4.74 Å². The molecule has 0 amide bonds. The normalized spacial score (nSPS) is 45.8. The second kappa shape index (κ2) is 9.58. The SMILES string of the molecule is CC(=O)O[C@@H]1CC[C@@]2(C)[C@H](C1)[C@@H](Br)C(=O)[C@@H]1[C@@H]2CC[C@]2(C)[C@@H]([C@H](C)CCCC(C)C)CC[C@@H]12. The highest BCUT2D eigenvalue weighted by molar-refractivity contribution is 9.10. The summed E-state index contributed by atoms with van der Waals surface area (Å²) in [5.41, 5.74) is 0.491. The Kier molecular flexibility index (Phi) is 7.46. The van der Waals surface area contributed by atoms with E-state index >= 15 is 0 Å². The molecule has 0 radical (unpaired) electrons. The van der Waals surface area contributed by atoms with Crippen LogP contribution in [0, 0.1) is 52.3 Å². The molecule has 4 heteroatoms. The van der Waals surface area contributed by atoms with Gasteiger partial charge in [-0.05, 0) is 91.3 Å². The monoisotopic (exact) mass is 522 g/mol. The molecule has 33 heavy (non-hydrogen) atoms. The van der Waals surface area contributed by atoms with E-state index in [1.54, 1.807) is 0 Å². The van der Waals surface area contributed by atoms with Crippen LogP contribution in [0.3, 0.4) is 0 Å². The van der Waals surface area contributed by atoms with Gasteiger partial charge in [0.15, 0.2) is 0 Å². The molecule has 0 aromatic heterocycles. The number of hydrogen-bond acceptors (Lipinski definition) is 3. The highest BCUT2D eigenvalue weighted by Gasteiger charge is 2.65. The summed E-state index contributed by atoms with van der Waals surface area (Å²) in [7, 11) is 0. The van der Waals surface area contributed by atoms with E-state index in [0.717, 1.165) is 37.0 Å². The van der Waals surface area contributed by atoms with E-state index in [9.17, 15) is 9.59 Å². The topological polar surface area (TPSA) is 43.4 Å². The van der Waals surface area contributed by atoms with Crippen molar-refractivity contribution in [1.82, 2.24) is 0 Å². The highest BCUT2D eigenvalue weighted by atomic mass is 79.9. The quantitative estimate of drug-likeness (QED) is 0.266. The number of carbonyl (C=O) groups is 2. The van der Waals surface area contributed by atoms with Crippen LogP contribution in [-0.2, 0) is 14.3 Å². The number of alkyl halides is 1. The van der Waals surface area contributed by atoms with Crippen molar-refractivity contribution in [1.29, 1.82) is 0 Å². The molecule has 0 spiro atoms. The van der Waals surface area contributed by atoms with Gasteiger partial charge in [-0.25, -0.2) is 0 Å². The molecule has 4 fully saturated rings. The molecule has 0 N–H and O–H groups in total. The highest BCUT2D eigenvalue weighted by Crippen LogP contribution is 2.68. The lowest BCUT2D eigenvalue weighted by molar-refractivity contribution is -0.166. The zero-order valence-corrected chi connectivity index (χ0v) is 23.5. The molecule has 0 aromatic rings. The summed E-state index contributed by atoms with van der Waals surface area (Å²) >= 11 is 3.90. The smallest absolute Gasteiger partial charge is 0.302 e. The first-order valence-electron chi connectivity index (χ1n) is 13.8. The number of ketones is 1. The zero-order chi connectivity index (χ0) is 24.1. The van der Waals surface area contributed by atoms with E-state index in [0.29, 0.717) is 23.0 Å². The molecule has 4 saturated carbocycles. The van der Waals surface area contributed by atoms with Gasteiger partial charge in [0.1, 0.15) is 11.9 Å². The first-order chi connectivity index (χ1) is 15.5. The van der Waals surface area contributed by atoms with E-state index in [4.69, 9.17) is 4.74 Å². The van der Waals surface area contributed by atoms with Crippen molar-refractivity contribution in [2.45, 2.75) is 117 Å². The average molecular weight is 524 g/mol. The predicted octanol–water partition coefficient (Wildman–Crippen LogP) is 7.59. The van der Waals surface area contributed by atoms with E-state index in [-0.39, 0.29) is 34.2 Å². The lowest BCUT2D eigenvalue weighted by atomic mass is 9.44. The first-order valence-corrected chi connectivity index (χ1v) is 14.8. The molecular weight excluding hydrogens is 476 g/mol. The van der Waals surface area contributed by atoms with Gasteiger partial charge in [-0.1, -0.05) is 69.8 Å². The largest absolute Gasteiger partial charge is 0.463 e. The van der Waals surface area contributed by atoms with Gasteiger partial charge in [0.25, 0.3) is 0 Å². The first kappa shape index (κ1) is 25.7. The minimum atomic E-state index is -0.192. The van der Waals surface area contributed by atoms with Crippen molar-refractivity contribution in [3.05, 3.63) is 0 Å². The van der Waals surface area contributed by atoms with E-state index in [2.05, 4.69) is 50.5 Å². The second-order valence-corrected chi connectivity index (χ2v) is 14.2. The molecule has 0 aromatic carbocycles. The van der Waals surface area contributed by atoms with Gasteiger partial charge in [-0.15, -0.1) is 0 Å². The molecule has 0 bridgehead atoms. The number of ether oxygens (including phenoxy) is 1. The molecule has 0 heterocycles. The number of halogens is 1. The van der Waals surface area contributed by atoms with Gasteiger partial charge in [0, 0.05) is 12.8 Å². The summed E-state index contributed by atoms with van der Waals surface area (Å²) in [5, 5.41) is 0. The fourth-order valence-corrected chi connectivity index (χ4v) is 10.4. The Morgan fingerprint density at radius 2 is 1.67 bits per heavy atom. The minimum Gasteiger partial charge on any atom is -0.463 e. The van der Waals surface area contributed by atoms with Crippen LogP contribution in [0.1, 0.15) is 106 Å². The average Bonchev–Trinajstić information content (AvgIpc) is 3.09. The van der Waals surface area contributed by atoms with Crippen LogP contribution in [0.25, 0.3) is 0 Å². The third-order valence-corrected chi connectivity index (χ3v) is 12.1. The molecule has 0 aliphatic heterocycles. The van der Waals surface area contributed by atoms with Crippen LogP contribution < -0.4 is 0 Å². The van der Waals surface area contributed by atoms with Gasteiger partial charge >= 0.3 is 5.97 Å². The zero-order valence-electron chi connectivity index (χ0n) is 21.9. The molecule has 0 unspecified atom stereocenters. The summed E-state index contributed by atoms with van der Waals surface area (Å²) < 4.78 is 5.61. The van der Waals surface area contributed by atoms with Crippen LogP contribution >= 0.6 is 15.9 Å². The maximum atomic E-state index is 13.9. The van der Waals surface area contributed by atoms with Crippen LogP contribution in [-0.4, -0.2) is 22.7 Å². The van der Waals surface area contributed by atoms with Gasteiger partial charge in [0.2, 0.25) is 0 Å². The van der Waals surface area contributed by atoms with Crippen LogP contribution in [0.5, 0.6) is 0 Å². The Hall–Kier alpha value is -0.380. The molecule has 3 nitrogen and oxygen atoms in total. The second-order valence-electron chi connectivity index (χ2n) is 13.2. The summed E-state index contributed by atoms with van der Waals surface area (Å²) in [6, 6.07) is 0. The predicted molar refractivity (Wildman–Crippen MR) is 137 cm³/mol. The van der Waals surface area contributed by atoms with Crippen LogP contribution in [0.2, 0.25) is 0 Å². The lowest BCUT2D eigenvalue weighted by Gasteiger charge is -2.61. The third-order valence-electron chi connectivity index (χ3n) is 11.0. The molecule has 188 valence electrons. The van der Waals surface area contributed by atoms with E-state index in [1.807, 2.05) is 0 Å². The Morgan fingerprint density at radius 3 is 2.33 bits per heavy atom.